The van der Waals surface area contributed by atoms with Gasteiger partial charge in [0.25, 0.3) is 0 Å². The molecule has 2 aromatic heterocycles. The third-order valence-electron chi connectivity index (χ3n) is 4.90. The van der Waals surface area contributed by atoms with Gasteiger partial charge < -0.3 is 4.52 Å². The number of nitrogens with one attached hydrogen (secondary N) is 1. The van der Waals surface area contributed by atoms with Crippen molar-refractivity contribution in [2.75, 3.05) is 4.72 Å². The molecule has 7 nitrogen and oxygen atoms in total. The van der Waals surface area contributed by atoms with E-state index in [2.05, 4.69) is 15.0 Å². The highest BCUT2D eigenvalue weighted by Crippen LogP contribution is 2.42. The van der Waals surface area contributed by atoms with Crippen LogP contribution in [0.3, 0.4) is 0 Å². The van der Waals surface area contributed by atoms with Crippen LogP contribution < -0.4 is 4.72 Å². The normalized spacial score (nSPS) is 16.9. The third-order valence-corrected chi connectivity index (χ3v) is 8.43. The zero-order chi connectivity index (χ0) is 23.1. The number of aryl methyl sites for hydroxylation is 2. The number of benzene rings is 1. The standard InChI is InChI=1S/C20H19F3N4O3S2/c1-12-9-13(2)27(24-12)11-14-3-4-15(20(21,22)23)10-17(14)26-32(28,29)19-6-5-18(31-19)16-7-8-30-25-16/h3-5,7-10,19,26H,6,11H2,1-2H3. The van der Waals surface area contributed by atoms with E-state index in [9.17, 15) is 21.6 Å². The zero-order valence-corrected chi connectivity index (χ0v) is 18.7. The summed E-state index contributed by atoms with van der Waals surface area (Å²) in [5.74, 6) is 0. The van der Waals surface area contributed by atoms with E-state index in [1.165, 1.54) is 12.3 Å². The maximum atomic E-state index is 13.3. The summed E-state index contributed by atoms with van der Waals surface area (Å²) in [5, 5.41) is 8.11. The highest BCUT2D eigenvalue weighted by Gasteiger charge is 2.34. The summed E-state index contributed by atoms with van der Waals surface area (Å²) in [6.07, 6.45) is -1.32. The van der Waals surface area contributed by atoms with Crippen molar-refractivity contribution in [1.82, 2.24) is 14.9 Å². The largest absolute Gasteiger partial charge is 0.416 e. The smallest absolute Gasteiger partial charge is 0.364 e. The van der Waals surface area contributed by atoms with Gasteiger partial charge in [0.1, 0.15) is 16.5 Å². The number of sulfonamides is 1. The molecule has 0 amide bonds. The van der Waals surface area contributed by atoms with Crippen molar-refractivity contribution in [2.24, 2.45) is 0 Å². The summed E-state index contributed by atoms with van der Waals surface area (Å²) in [6, 6.07) is 6.48. The number of rotatable bonds is 6. The van der Waals surface area contributed by atoms with Crippen molar-refractivity contribution < 1.29 is 26.1 Å². The Morgan fingerprint density at radius 3 is 2.66 bits per heavy atom. The molecule has 0 bridgehead atoms. The molecular weight excluding hydrogens is 465 g/mol. The van der Waals surface area contributed by atoms with Gasteiger partial charge in [-0.3, -0.25) is 9.40 Å². The molecule has 1 aliphatic heterocycles. The van der Waals surface area contributed by atoms with Gasteiger partial charge in [0.05, 0.1) is 23.5 Å². The first kappa shape index (κ1) is 22.5. The Morgan fingerprint density at radius 1 is 1.25 bits per heavy atom. The van der Waals surface area contributed by atoms with Crippen LogP contribution in [0.5, 0.6) is 0 Å². The number of hydrogen-bond donors (Lipinski definition) is 1. The molecule has 0 spiro atoms. The van der Waals surface area contributed by atoms with Crippen molar-refractivity contribution in [2.45, 2.75) is 37.6 Å². The monoisotopic (exact) mass is 484 g/mol. The van der Waals surface area contributed by atoms with Gasteiger partial charge in [0, 0.05) is 16.7 Å². The van der Waals surface area contributed by atoms with Crippen LogP contribution in [0.15, 0.2) is 47.2 Å². The molecule has 1 aromatic carbocycles. The number of halogens is 3. The summed E-state index contributed by atoms with van der Waals surface area (Å²) >= 11 is 1.07. The van der Waals surface area contributed by atoms with E-state index in [0.717, 1.165) is 35.3 Å². The minimum absolute atomic E-state index is 0.121. The van der Waals surface area contributed by atoms with Gasteiger partial charge in [-0.25, -0.2) is 8.42 Å². The highest BCUT2D eigenvalue weighted by molar-refractivity contribution is 8.19. The van der Waals surface area contributed by atoms with E-state index < -0.39 is 26.3 Å². The minimum atomic E-state index is -4.61. The number of thioether (sulfide) groups is 1. The summed E-state index contributed by atoms with van der Waals surface area (Å²) in [5.41, 5.74) is 1.39. The zero-order valence-electron chi connectivity index (χ0n) is 17.0. The van der Waals surface area contributed by atoms with E-state index in [4.69, 9.17) is 4.52 Å². The number of alkyl halides is 3. The van der Waals surface area contributed by atoms with Gasteiger partial charge in [-0.2, -0.15) is 18.3 Å². The topological polar surface area (TPSA) is 90.0 Å². The quantitative estimate of drug-likeness (QED) is 0.541. The number of allylic oxidation sites excluding steroid dienone is 1. The molecule has 0 saturated carbocycles. The summed E-state index contributed by atoms with van der Waals surface area (Å²) in [4.78, 5) is 0.640. The van der Waals surface area contributed by atoms with Gasteiger partial charge in [-0.1, -0.05) is 17.3 Å². The van der Waals surface area contributed by atoms with Crippen LogP contribution in [-0.2, 0) is 22.7 Å². The number of anilines is 1. The van der Waals surface area contributed by atoms with Crippen LogP contribution in [0.4, 0.5) is 18.9 Å². The fourth-order valence-corrected chi connectivity index (χ4v) is 6.17. The lowest BCUT2D eigenvalue weighted by molar-refractivity contribution is -0.137. The number of hydrogen-bond acceptors (Lipinski definition) is 6. The van der Waals surface area contributed by atoms with Crippen LogP contribution in [0.25, 0.3) is 4.91 Å². The first-order chi connectivity index (χ1) is 15.0. The molecule has 3 heterocycles. The predicted molar refractivity (Wildman–Crippen MR) is 115 cm³/mol. The average molecular weight is 485 g/mol. The van der Waals surface area contributed by atoms with Crippen molar-refractivity contribution in [3.05, 3.63) is 70.9 Å². The maximum Gasteiger partial charge on any atom is 0.416 e. The van der Waals surface area contributed by atoms with E-state index in [1.807, 2.05) is 13.0 Å². The molecule has 4 rings (SSSR count). The average Bonchev–Trinajstić information content (AvgIpc) is 3.43. The molecule has 1 atom stereocenters. The lowest BCUT2D eigenvalue weighted by Gasteiger charge is -2.18. The molecule has 1 N–H and O–H groups in total. The van der Waals surface area contributed by atoms with E-state index in [1.54, 1.807) is 23.7 Å². The van der Waals surface area contributed by atoms with Crippen molar-refractivity contribution in [3.63, 3.8) is 0 Å². The molecule has 0 saturated heterocycles. The van der Waals surface area contributed by atoms with Crippen LogP contribution >= 0.6 is 11.8 Å². The Morgan fingerprint density at radius 2 is 2.03 bits per heavy atom. The van der Waals surface area contributed by atoms with Crippen LogP contribution in [-0.4, -0.2) is 27.9 Å². The SMILES string of the molecule is Cc1cc(C)n(Cc2ccc(C(F)(F)F)cc2NS(=O)(=O)C2CC=C(c3ccon3)S2)n1. The molecular formula is C20H19F3N4O3S2. The van der Waals surface area contributed by atoms with E-state index >= 15 is 0 Å². The lowest BCUT2D eigenvalue weighted by Crippen LogP contribution is -2.24. The molecule has 1 unspecified atom stereocenters. The fraction of sp³-hybridized carbons (Fsp3) is 0.300. The Labute approximate surface area is 186 Å². The molecule has 32 heavy (non-hydrogen) atoms. The highest BCUT2D eigenvalue weighted by atomic mass is 32.3. The van der Waals surface area contributed by atoms with Crippen LogP contribution in [0.1, 0.15) is 34.6 Å². The van der Waals surface area contributed by atoms with Crippen LogP contribution in [0, 0.1) is 13.8 Å². The second kappa shape index (κ2) is 8.32. The van der Waals surface area contributed by atoms with Crippen LogP contribution in [0.2, 0.25) is 0 Å². The lowest BCUT2D eigenvalue weighted by atomic mass is 10.1. The van der Waals surface area contributed by atoms with Gasteiger partial charge in [0.2, 0.25) is 10.0 Å². The fourth-order valence-electron chi connectivity index (χ4n) is 3.34. The minimum Gasteiger partial charge on any atom is -0.364 e. The Bertz CT molecular complexity index is 1270. The second-order valence-corrected chi connectivity index (χ2v) is 10.7. The van der Waals surface area contributed by atoms with Gasteiger partial charge in [0.15, 0.2) is 0 Å². The molecule has 0 radical (unpaired) electrons. The number of aromatic nitrogens is 3. The second-order valence-electron chi connectivity index (χ2n) is 7.34. The summed E-state index contributed by atoms with van der Waals surface area (Å²) in [7, 11) is -4.01. The molecule has 170 valence electrons. The maximum absolute atomic E-state index is 13.3. The van der Waals surface area contributed by atoms with Gasteiger partial charge in [-0.05, 0) is 44.0 Å². The van der Waals surface area contributed by atoms with Crippen molar-refractivity contribution in [3.8, 4) is 0 Å². The van der Waals surface area contributed by atoms with Crippen molar-refractivity contribution >= 4 is 32.4 Å². The van der Waals surface area contributed by atoms with Gasteiger partial charge >= 0.3 is 6.18 Å². The Hall–Kier alpha value is -2.73. The first-order valence-corrected chi connectivity index (χ1v) is 12.0. The van der Waals surface area contributed by atoms with Gasteiger partial charge in [-0.15, -0.1) is 11.8 Å². The van der Waals surface area contributed by atoms with E-state index in [-0.39, 0.29) is 18.7 Å². The molecule has 12 heteroatoms. The summed E-state index contributed by atoms with van der Waals surface area (Å²) in [6.45, 7) is 3.74. The van der Waals surface area contributed by atoms with E-state index in [0.29, 0.717) is 16.2 Å². The molecule has 1 aliphatic rings. The first-order valence-electron chi connectivity index (χ1n) is 9.53. The third kappa shape index (κ3) is 4.70. The Kier molecular flexibility index (Phi) is 5.84. The summed E-state index contributed by atoms with van der Waals surface area (Å²) < 4.78 is 73.9. The number of nitrogens with zero attached hydrogens (tertiary/aromatic N) is 3. The Balaban J connectivity index is 1.62. The molecule has 3 aromatic rings. The molecule has 0 aliphatic carbocycles. The molecule has 0 fully saturated rings. The van der Waals surface area contributed by atoms with Crippen molar-refractivity contribution in [1.29, 1.82) is 0 Å². The predicted octanol–water partition coefficient (Wildman–Crippen LogP) is 4.80.